The van der Waals surface area contributed by atoms with Crippen molar-refractivity contribution < 1.29 is 4.42 Å². The van der Waals surface area contributed by atoms with Gasteiger partial charge in [-0.1, -0.05) is 161 Å². The number of aromatic nitrogens is 1. The first-order valence-electron chi connectivity index (χ1n) is 22.7. The van der Waals surface area contributed by atoms with Gasteiger partial charge in [-0.3, -0.25) is 0 Å². The summed E-state index contributed by atoms with van der Waals surface area (Å²) in [4.78, 5) is 0. The monoisotopic (exact) mass is 821 g/mol. The normalized spacial score (nSPS) is 14.8. The summed E-state index contributed by atoms with van der Waals surface area (Å²) in [6.07, 6.45) is 2.36. The SMILES string of the molecule is CC1(C)CCC(C)(C)c2cc(Nc3ccc4ccccc4c3-c3cc4c(oc5ccccc54)c4c3[B]c3cc(-c5ccccc5)cc5c6cc(-c7ccccc7)ccc6n-4c35)ccc21. The van der Waals surface area contributed by atoms with E-state index in [1.807, 2.05) is 0 Å². The van der Waals surface area contributed by atoms with Crippen LogP contribution in [0.1, 0.15) is 51.7 Å². The van der Waals surface area contributed by atoms with Crippen LogP contribution in [0.3, 0.4) is 0 Å². The number of hydrogen-bond acceptors (Lipinski definition) is 2. The van der Waals surface area contributed by atoms with E-state index in [2.05, 4.69) is 221 Å². The van der Waals surface area contributed by atoms with Crippen LogP contribution in [0.25, 0.3) is 93.6 Å². The minimum absolute atomic E-state index is 0.0922. The molecule has 0 fully saturated rings. The maximum Gasteiger partial charge on any atom is 0.198 e. The third-order valence-electron chi connectivity index (χ3n) is 14.6. The molecule has 305 valence electrons. The maximum absolute atomic E-state index is 7.04. The van der Waals surface area contributed by atoms with E-state index in [0.29, 0.717) is 0 Å². The lowest BCUT2D eigenvalue weighted by Crippen LogP contribution is -2.37. The smallest absolute Gasteiger partial charge is 0.198 e. The number of hydrogen-bond donors (Lipinski definition) is 1. The van der Waals surface area contributed by atoms with Gasteiger partial charge in [0.25, 0.3) is 0 Å². The Balaban J connectivity index is 1.12. The molecule has 1 N–H and O–H groups in total. The van der Waals surface area contributed by atoms with E-state index >= 15 is 0 Å². The standard InChI is InChI=1S/C60H46BN2O/c1-59(2)29-30-60(3,4)49-34-41(25-26-48(49)59)62-51-27-23-38-19-11-12-20-42(38)54(51)47-35-46-43-21-13-14-22-53(43)64-58(46)57-55(47)61-50-33-40(37-17-9-6-10-18-37)32-45-44-31-39(36-15-7-5-8-16-36)24-28-52(44)63(57)56(45)50/h5-28,31-35,62H,29-30H2,1-4H3. The first-order chi connectivity index (χ1) is 31.2. The van der Waals surface area contributed by atoms with Crippen LogP contribution in [-0.4, -0.2) is 11.8 Å². The van der Waals surface area contributed by atoms with Crippen molar-refractivity contribution >= 4 is 84.1 Å². The van der Waals surface area contributed by atoms with Gasteiger partial charge in [0.05, 0.1) is 11.2 Å². The Bertz CT molecular complexity index is 3720. The minimum Gasteiger partial charge on any atom is -0.454 e. The lowest BCUT2D eigenvalue weighted by atomic mass is 9.58. The van der Waals surface area contributed by atoms with Crippen molar-refractivity contribution in [2.24, 2.45) is 0 Å². The Morgan fingerprint density at radius 2 is 1.22 bits per heavy atom. The molecule has 0 saturated carbocycles. The second-order valence-corrected chi connectivity index (χ2v) is 19.4. The fraction of sp³-hybridized carbons (Fsp3) is 0.133. The van der Waals surface area contributed by atoms with Gasteiger partial charge in [0.2, 0.25) is 0 Å². The number of nitrogens with one attached hydrogen (secondary N) is 1. The highest BCUT2D eigenvalue weighted by Crippen LogP contribution is 2.48. The highest BCUT2D eigenvalue weighted by Gasteiger charge is 2.37. The van der Waals surface area contributed by atoms with Crippen molar-refractivity contribution in [3.05, 3.63) is 187 Å². The van der Waals surface area contributed by atoms with Crippen LogP contribution >= 0.6 is 0 Å². The van der Waals surface area contributed by atoms with Gasteiger partial charge in [0.15, 0.2) is 12.9 Å². The largest absolute Gasteiger partial charge is 0.454 e. The van der Waals surface area contributed by atoms with Gasteiger partial charge in [0, 0.05) is 44.0 Å². The van der Waals surface area contributed by atoms with E-state index in [-0.39, 0.29) is 10.8 Å². The van der Waals surface area contributed by atoms with E-state index in [1.165, 1.54) is 89.9 Å². The van der Waals surface area contributed by atoms with Gasteiger partial charge in [-0.2, -0.15) is 0 Å². The lowest BCUT2D eigenvalue weighted by Gasteiger charge is -2.42. The molecule has 3 nitrogen and oxygen atoms in total. The molecule has 1 aliphatic heterocycles. The summed E-state index contributed by atoms with van der Waals surface area (Å²) in [7, 11) is 2.44. The number of nitrogens with zero attached hydrogens (tertiary/aromatic N) is 1. The summed E-state index contributed by atoms with van der Waals surface area (Å²) < 4.78 is 9.55. The lowest BCUT2D eigenvalue weighted by molar-refractivity contribution is 0.332. The molecule has 4 heteroatoms. The van der Waals surface area contributed by atoms with Gasteiger partial charge < -0.3 is 14.3 Å². The Kier molecular flexibility index (Phi) is 7.92. The topological polar surface area (TPSA) is 30.1 Å². The van der Waals surface area contributed by atoms with Gasteiger partial charge in [-0.15, -0.1) is 0 Å². The molecular weight excluding hydrogens is 775 g/mol. The zero-order valence-corrected chi connectivity index (χ0v) is 36.6. The quantitative estimate of drug-likeness (QED) is 0.175. The number of fused-ring (bicyclic) bond motifs is 11. The fourth-order valence-electron chi connectivity index (χ4n) is 11.2. The molecule has 2 aliphatic rings. The molecule has 0 amide bonds. The molecule has 2 aromatic heterocycles. The highest BCUT2D eigenvalue weighted by atomic mass is 16.3. The number of furan rings is 1. The van der Waals surface area contributed by atoms with E-state index < -0.39 is 0 Å². The first kappa shape index (κ1) is 37.3. The van der Waals surface area contributed by atoms with Crippen LogP contribution < -0.4 is 16.2 Å². The zero-order chi connectivity index (χ0) is 42.9. The van der Waals surface area contributed by atoms with Crippen molar-refractivity contribution in [1.82, 2.24) is 4.57 Å². The van der Waals surface area contributed by atoms with E-state index in [1.54, 1.807) is 0 Å². The summed E-state index contributed by atoms with van der Waals surface area (Å²) in [5.74, 6) is 0. The van der Waals surface area contributed by atoms with Crippen LogP contribution in [0.4, 0.5) is 11.4 Å². The van der Waals surface area contributed by atoms with Crippen LogP contribution in [0.2, 0.25) is 0 Å². The van der Waals surface area contributed by atoms with Crippen molar-refractivity contribution in [1.29, 1.82) is 0 Å². The summed E-state index contributed by atoms with van der Waals surface area (Å²) in [6.45, 7) is 9.61. The van der Waals surface area contributed by atoms with Crippen LogP contribution in [0.5, 0.6) is 0 Å². The molecule has 3 heterocycles. The molecule has 0 atom stereocenters. The Labute approximate surface area is 374 Å². The Morgan fingerprint density at radius 1 is 0.531 bits per heavy atom. The number of para-hydroxylation sites is 1. The number of anilines is 2. The van der Waals surface area contributed by atoms with E-state index in [0.717, 1.165) is 50.0 Å². The maximum atomic E-state index is 7.04. The Morgan fingerprint density at radius 3 is 2.02 bits per heavy atom. The van der Waals surface area contributed by atoms with Crippen molar-refractivity contribution in [3.63, 3.8) is 0 Å². The summed E-state index contributed by atoms with van der Waals surface area (Å²) >= 11 is 0. The van der Waals surface area contributed by atoms with Crippen LogP contribution in [-0.2, 0) is 10.8 Å². The molecule has 13 rings (SSSR count). The van der Waals surface area contributed by atoms with Gasteiger partial charge >= 0.3 is 0 Å². The van der Waals surface area contributed by atoms with E-state index in [9.17, 15) is 0 Å². The third kappa shape index (κ3) is 5.54. The van der Waals surface area contributed by atoms with Crippen molar-refractivity contribution in [3.8, 4) is 39.1 Å². The van der Waals surface area contributed by atoms with Crippen molar-refractivity contribution in [2.45, 2.75) is 51.4 Å². The van der Waals surface area contributed by atoms with Gasteiger partial charge in [0.1, 0.15) is 5.58 Å². The molecule has 0 unspecified atom stereocenters. The van der Waals surface area contributed by atoms with Gasteiger partial charge in [-0.05, 0) is 127 Å². The molecule has 0 bridgehead atoms. The van der Waals surface area contributed by atoms with Crippen molar-refractivity contribution in [2.75, 3.05) is 5.32 Å². The first-order valence-corrected chi connectivity index (χ1v) is 22.7. The predicted molar refractivity (Wildman–Crippen MR) is 272 cm³/mol. The molecule has 1 aliphatic carbocycles. The minimum atomic E-state index is 0.0922. The summed E-state index contributed by atoms with van der Waals surface area (Å²) in [5, 5.41) is 11.1. The second-order valence-electron chi connectivity index (χ2n) is 19.4. The molecule has 0 saturated heterocycles. The highest BCUT2D eigenvalue weighted by molar-refractivity contribution is 6.74. The number of rotatable bonds is 5. The number of benzene rings is 9. The molecule has 64 heavy (non-hydrogen) atoms. The van der Waals surface area contributed by atoms with E-state index in [4.69, 9.17) is 4.42 Å². The van der Waals surface area contributed by atoms with Crippen LogP contribution in [0.15, 0.2) is 180 Å². The summed E-state index contributed by atoms with van der Waals surface area (Å²) in [5.41, 5.74) is 20.0. The molecule has 11 aromatic rings. The van der Waals surface area contributed by atoms with Crippen LogP contribution in [0, 0.1) is 0 Å². The fourth-order valence-corrected chi connectivity index (χ4v) is 11.2. The second kappa shape index (κ2) is 13.6. The summed E-state index contributed by atoms with van der Waals surface area (Å²) in [6, 6.07) is 64.8. The average Bonchev–Trinajstić information content (AvgIpc) is 3.87. The molecule has 1 radical (unpaired) electrons. The average molecular weight is 822 g/mol. The predicted octanol–water partition coefficient (Wildman–Crippen LogP) is 14.9. The zero-order valence-electron chi connectivity index (χ0n) is 36.6. The third-order valence-corrected chi connectivity index (χ3v) is 14.6. The molecule has 9 aromatic carbocycles. The molecular formula is C60H46BN2O. The molecule has 0 spiro atoms. The van der Waals surface area contributed by atoms with Gasteiger partial charge in [-0.25, -0.2) is 0 Å². The Hall–Kier alpha value is -7.30.